The molecule has 1 aliphatic heterocycles. The fourth-order valence-corrected chi connectivity index (χ4v) is 2.59. The van der Waals surface area contributed by atoms with Crippen LogP contribution < -0.4 is 5.73 Å². The molecule has 0 amide bonds. The van der Waals surface area contributed by atoms with Crippen molar-refractivity contribution in [2.24, 2.45) is 18.7 Å². The summed E-state index contributed by atoms with van der Waals surface area (Å²) < 4.78 is 12.8. The number of ether oxygens (including phenoxy) is 1. The standard InChI is InChI=1S/C13H19N5O2/c1-3-10-9(7-18(2)16-10)12-15-13(20-17-12)11-8(6-14)4-5-19-11/h7-8,11H,3-6,14H2,1-2H3/t8-,11-/m0/s1. The van der Waals surface area contributed by atoms with E-state index in [0.29, 0.717) is 24.9 Å². The van der Waals surface area contributed by atoms with E-state index in [9.17, 15) is 0 Å². The van der Waals surface area contributed by atoms with Crippen LogP contribution in [0.5, 0.6) is 0 Å². The summed E-state index contributed by atoms with van der Waals surface area (Å²) in [5.74, 6) is 1.33. The molecule has 1 aliphatic rings. The Morgan fingerprint density at radius 2 is 2.35 bits per heavy atom. The highest BCUT2D eigenvalue weighted by Gasteiger charge is 2.33. The average molecular weight is 277 g/mol. The first-order valence-electron chi connectivity index (χ1n) is 6.91. The number of rotatable bonds is 4. The molecule has 2 N–H and O–H groups in total. The number of nitrogens with two attached hydrogens (primary N) is 1. The van der Waals surface area contributed by atoms with E-state index in [0.717, 1.165) is 24.1 Å². The summed E-state index contributed by atoms with van der Waals surface area (Å²) in [6, 6.07) is 0. The van der Waals surface area contributed by atoms with E-state index in [-0.39, 0.29) is 12.0 Å². The summed E-state index contributed by atoms with van der Waals surface area (Å²) in [6.45, 7) is 3.31. The lowest BCUT2D eigenvalue weighted by Gasteiger charge is -2.11. The molecule has 2 atom stereocenters. The van der Waals surface area contributed by atoms with Crippen LogP contribution in [-0.4, -0.2) is 33.1 Å². The van der Waals surface area contributed by atoms with E-state index in [4.69, 9.17) is 15.0 Å². The summed E-state index contributed by atoms with van der Waals surface area (Å²) in [7, 11) is 1.88. The van der Waals surface area contributed by atoms with Gasteiger partial charge >= 0.3 is 0 Å². The van der Waals surface area contributed by atoms with Gasteiger partial charge in [0.2, 0.25) is 5.82 Å². The normalized spacial score (nSPS) is 22.6. The van der Waals surface area contributed by atoms with Gasteiger partial charge in [0.05, 0.1) is 11.3 Å². The highest BCUT2D eigenvalue weighted by atomic mass is 16.5. The quantitative estimate of drug-likeness (QED) is 0.898. The van der Waals surface area contributed by atoms with Gasteiger partial charge in [-0.1, -0.05) is 12.1 Å². The first kappa shape index (κ1) is 13.3. The fourth-order valence-electron chi connectivity index (χ4n) is 2.59. The van der Waals surface area contributed by atoms with Crippen molar-refractivity contribution >= 4 is 0 Å². The summed E-state index contributed by atoms with van der Waals surface area (Å²) in [6.07, 6.45) is 3.49. The number of aryl methyl sites for hydroxylation is 2. The molecule has 0 saturated carbocycles. The molecule has 0 bridgehead atoms. The highest BCUT2D eigenvalue weighted by molar-refractivity contribution is 5.56. The van der Waals surface area contributed by atoms with Crippen LogP contribution in [-0.2, 0) is 18.2 Å². The molecular formula is C13H19N5O2. The Morgan fingerprint density at radius 3 is 3.10 bits per heavy atom. The third kappa shape index (κ3) is 2.23. The van der Waals surface area contributed by atoms with E-state index < -0.39 is 0 Å². The smallest absolute Gasteiger partial charge is 0.256 e. The van der Waals surface area contributed by atoms with Crippen molar-refractivity contribution in [3.63, 3.8) is 0 Å². The van der Waals surface area contributed by atoms with Crippen molar-refractivity contribution in [2.75, 3.05) is 13.2 Å². The minimum atomic E-state index is -0.178. The third-order valence-electron chi connectivity index (χ3n) is 3.68. The Labute approximate surface area is 117 Å². The van der Waals surface area contributed by atoms with Gasteiger partial charge in [0.25, 0.3) is 5.89 Å². The second-order valence-electron chi connectivity index (χ2n) is 5.05. The zero-order chi connectivity index (χ0) is 14.1. The second-order valence-corrected chi connectivity index (χ2v) is 5.05. The maximum Gasteiger partial charge on any atom is 0.256 e. The van der Waals surface area contributed by atoms with E-state index in [2.05, 4.69) is 22.2 Å². The molecular weight excluding hydrogens is 258 g/mol. The lowest BCUT2D eigenvalue weighted by atomic mass is 10.0. The van der Waals surface area contributed by atoms with Gasteiger partial charge in [-0.15, -0.1) is 0 Å². The minimum Gasteiger partial charge on any atom is -0.368 e. The lowest BCUT2D eigenvalue weighted by molar-refractivity contribution is 0.0642. The minimum absolute atomic E-state index is 0.178. The average Bonchev–Trinajstić information content (AvgIpc) is 3.15. The van der Waals surface area contributed by atoms with Gasteiger partial charge in [0.1, 0.15) is 6.10 Å². The van der Waals surface area contributed by atoms with Crippen LogP contribution in [0.25, 0.3) is 11.4 Å². The van der Waals surface area contributed by atoms with Crippen LogP contribution in [0.15, 0.2) is 10.7 Å². The third-order valence-corrected chi connectivity index (χ3v) is 3.68. The van der Waals surface area contributed by atoms with Crippen molar-refractivity contribution in [2.45, 2.75) is 25.9 Å². The van der Waals surface area contributed by atoms with Crippen LogP contribution in [0.4, 0.5) is 0 Å². The molecule has 0 aliphatic carbocycles. The van der Waals surface area contributed by atoms with Crippen molar-refractivity contribution < 1.29 is 9.26 Å². The first-order valence-corrected chi connectivity index (χ1v) is 6.91. The first-order chi connectivity index (χ1) is 9.72. The van der Waals surface area contributed by atoms with E-state index in [1.165, 1.54) is 0 Å². The zero-order valence-electron chi connectivity index (χ0n) is 11.7. The predicted molar refractivity (Wildman–Crippen MR) is 71.7 cm³/mol. The maximum absolute atomic E-state index is 5.75. The largest absolute Gasteiger partial charge is 0.368 e. The molecule has 7 nitrogen and oxygen atoms in total. The number of aromatic nitrogens is 4. The van der Waals surface area contributed by atoms with Crippen molar-refractivity contribution in [1.29, 1.82) is 0 Å². The Morgan fingerprint density at radius 1 is 1.50 bits per heavy atom. The number of hydrogen-bond donors (Lipinski definition) is 1. The highest BCUT2D eigenvalue weighted by Crippen LogP contribution is 2.34. The second kappa shape index (κ2) is 5.34. The Hall–Kier alpha value is -1.73. The van der Waals surface area contributed by atoms with Gasteiger partial charge in [0, 0.05) is 25.8 Å². The Bertz CT molecular complexity index is 591. The van der Waals surface area contributed by atoms with E-state index in [1.54, 1.807) is 4.68 Å². The van der Waals surface area contributed by atoms with E-state index >= 15 is 0 Å². The molecule has 0 aromatic carbocycles. The van der Waals surface area contributed by atoms with Gasteiger partial charge < -0.3 is 15.0 Å². The van der Waals surface area contributed by atoms with Crippen LogP contribution in [0, 0.1) is 5.92 Å². The molecule has 0 radical (unpaired) electrons. The molecule has 1 saturated heterocycles. The van der Waals surface area contributed by atoms with Crippen LogP contribution >= 0.6 is 0 Å². The molecule has 0 unspecified atom stereocenters. The number of nitrogens with zero attached hydrogens (tertiary/aromatic N) is 4. The molecule has 20 heavy (non-hydrogen) atoms. The van der Waals surface area contributed by atoms with Crippen LogP contribution in [0.3, 0.4) is 0 Å². The molecule has 0 spiro atoms. The molecule has 1 fully saturated rings. The topological polar surface area (TPSA) is 92.0 Å². The van der Waals surface area contributed by atoms with Crippen molar-refractivity contribution in [3.05, 3.63) is 17.8 Å². The van der Waals surface area contributed by atoms with Gasteiger partial charge in [0.15, 0.2) is 0 Å². The lowest BCUT2D eigenvalue weighted by Crippen LogP contribution is -2.18. The summed E-state index contributed by atoms with van der Waals surface area (Å²) in [4.78, 5) is 4.47. The summed E-state index contributed by atoms with van der Waals surface area (Å²) in [5.41, 5.74) is 7.62. The SMILES string of the molecule is CCc1nn(C)cc1-c1noc([C@H]2OCC[C@H]2CN)n1. The van der Waals surface area contributed by atoms with Gasteiger partial charge in [-0.3, -0.25) is 4.68 Å². The van der Waals surface area contributed by atoms with Crippen LogP contribution in [0.1, 0.15) is 31.0 Å². The van der Waals surface area contributed by atoms with Crippen molar-refractivity contribution in [3.8, 4) is 11.4 Å². The molecule has 3 rings (SSSR count). The Balaban J connectivity index is 1.90. The van der Waals surface area contributed by atoms with Gasteiger partial charge in [-0.05, 0) is 19.4 Å². The maximum atomic E-state index is 5.75. The molecule has 108 valence electrons. The molecule has 2 aromatic heterocycles. The molecule has 7 heteroatoms. The summed E-state index contributed by atoms with van der Waals surface area (Å²) in [5, 5.41) is 8.45. The van der Waals surface area contributed by atoms with Crippen molar-refractivity contribution in [1.82, 2.24) is 19.9 Å². The molecule has 3 heterocycles. The zero-order valence-corrected chi connectivity index (χ0v) is 11.7. The van der Waals surface area contributed by atoms with Crippen LogP contribution in [0.2, 0.25) is 0 Å². The van der Waals surface area contributed by atoms with Gasteiger partial charge in [-0.2, -0.15) is 10.1 Å². The number of hydrogen-bond acceptors (Lipinski definition) is 6. The molecule has 2 aromatic rings. The van der Waals surface area contributed by atoms with Gasteiger partial charge in [-0.25, -0.2) is 0 Å². The fraction of sp³-hybridized carbons (Fsp3) is 0.615. The Kier molecular flexibility index (Phi) is 3.54. The summed E-state index contributed by atoms with van der Waals surface area (Å²) >= 11 is 0. The van der Waals surface area contributed by atoms with E-state index in [1.807, 2.05) is 13.2 Å². The monoisotopic (exact) mass is 277 g/mol. The predicted octanol–water partition coefficient (Wildman–Crippen LogP) is 1.07.